The maximum absolute atomic E-state index is 2.54. The number of hydrogen-bond donors (Lipinski definition) is 0. The minimum Gasteiger partial charge on any atom is -0.369 e. The van der Waals surface area contributed by atoms with Crippen LogP contribution in [-0.4, -0.2) is 38.1 Å². The molecule has 100 valence electrons. The topological polar surface area (TPSA) is 6.48 Å². The van der Waals surface area contributed by atoms with Crippen molar-refractivity contribution < 1.29 is 0 Å². The van der Waals surface area contributed by atoms with Crippen molar-refractivity contribution in [3.8, 4) is 0 Å². The van der Waals surface area contributed by atoms with Crippen LogP contribution in [0.3, 0.4) is 0 Å². The van der Waals surface area contributed by atoms with Gasteiger partial charge in [-0.15, -0.1) is 0 Å². The van der Waals surface area contributed by atoms with Gasteiger partial charge in [-0.05, 0) is 44.5 Å². The second-order valence-corrected chi connectivity index (χ2v) is 5.80. The van der Waals surface area contributed by atoms with Crippen LogP contribution in [-0.2, 0) is 0 Å². The molecule has 0 amide bonds. The summed E-state index contributed by atoms with van der Waals surface area (Å²) in [6, 6.07) is 13.9. The molecular formula is C17H22N2. The molecule has 0 spiro atoms. The fraction of sp³-hybridized carbons (Fsp3) is 0.412. The molecule has 0 aromatic heterocycles. The zero-order valence-corrected chi connectivity index (χ0v) is 12.1. The van der Waals surface area contributed by atoms with Crippen LogP contribution < -0.4 is 4.90 Å². The third-order valence-electron chi connectivity index (χ3n) is 4.33. The highest BCUT2D eigenvalue weighted by atomic mass is 15.2. The summed E-state index contributed by atoms with van der Waals surface area (Å²) in [4.78, 5) is 4.89. The minimum absolute atomic E-state index is 0.680. The van der Waals surface area contributed by atoms with Gasteiger partial charge in [0.05, 0.1) is 0 Å². The fourth-order valence-corrected chi connectivity index (χ4v) is 3.15. The van der Waals surface area contributed by atoms with Crippen molar-refractivity contribution in [2.24, 2.45) is 0 Å². The molecule has 19 heavy (non-hydrogen) atoms. The average Bonchev–Trinajstić information content (AvgIpc) is 2.88. The Hall–Kier alpha value is -1.54. The van der Waals surface area contributed by atoms with Crippen molar-refractivity contribution in [3.63, 3.8) is 0 Å². The van der Waals surface area contributed by atoms with Crippen molar-refractivity contribution in [1.82, 2.24) is 4.90 Å². The minimum atomic E-state index is 0.680. The number of hydrogen-bond acceptors (Lipinski definition) is 2. The first-order chi connectivity index (χ1) is 9.16. The SMILES string of the molecule is Cc1cccc2cccc(N3CC[C@@H](N(C)C)C3)c12. The third-order valence-corrected chi connectivity index (χ3v) is 4.33. The molecule has 1 fully saturated rings. The molecule has 1 saturated heterocycles. The van der Waals surface area contributed by atoms with Crippen molar-refractivity contribution >= 4 is 16.5 Å². The zero-order valence-electron chi connectivity index (χ0n) is 12.1. The van der Waals surface area contributed by atoms with Crippen LogP contribution in [0.2, 0.25) is 0 Å². The van der Waals surface area contributed by atoms with Crippen LogP contribution in [0.25, 0.3) is 10.8 Å². The van der Waals surface area contributed by atoms with Crippen LogP contribution in [0.5, 0.6) is 0 Å². The van der Waals surface area contributed by atoms with Gasteiger partial charge in [-0.2, -0.15) is 0 Å². The molecule has 0 N–H and O–H groups in total. The van der Waals surface area contributed by atoms with E-state index < -0.39 is 0 Å². The van der Waals surface area contributed by atoms with Crippen molar-refractivity contribution in [2.75, 3.05) is 32.1 Å². The van der Waals surface area contributed by atoms with Crippen LogP contribution >= 0.6 is 0 Å². The largest absolute Gasteiger partial charge is 0.369 e. The molecule has 0 bridgehead atoms. The summed E-state index contributed by atoms with van der Waals surface area (Å²) < 4.78 is 0. The van der Waals surface area contributed by atoms with Crippen LogP contribution in [0, 0.1) is 6.92 Å². The molecule has 1 atom stereocenters. The van der Waals surface area contributed by atoms with Crippen molar-refractivity contribution in [2.45, 2.75) is 19.4 Å². The van der Waals surface area contributed by atoms with E-state index >= 15 is 0 Å². The maximum atomic E-state index is 2.54. The summed E-state index contributed by atoms with van der Waals surface area (Å²) in [7, 11) is 4.37. The Balaban J connectivity index is 2.02. The number of likely N-dealkylation sites (N-methyl/N-ethyl adjacent to an activating group) is 1. The monoisotopic (exact) mass is 254 g/mol. The van der Waals surface area contributed by atoms with E-state index in [0.717, 1.165) is 13.1 Å². The van der Waals surface area contributed by atoms with Gasteiger partial charge in [-0.3, -0.25) is 0 Å². The molecule has 0 aliphatic carbocycles. The number of fused-ring (bicyclic) bond motifs is 1. The van der Waals surface area contributed by atoms with Crippen molar-refractivity contribution in [3.05, 3.63) is 42.0 Å². The maximum Gasteiger partial charge on any atom is 0.0449 e. The van der Waals surface area contributed by atoms with E-state index in [1.807, 2.05) is 0 Å². The van der Waals surface area contributed by atoms with Crippen LogP contribution in [0.1, 0.15) is 12.0 Å². The summed E-state index contributed by atoms with van der Waals surface area (Å²) in [5.74, 6) is 0. The lowest BCUT2D eigenvalue weighted by molar-refractivity contribution is 0.315. The number of rotatable bonds is 2. The molecule has 1 aliphatic rings. The summed E-state index contributed by atoms with van der Waals surface area (Å²) in [5.41, 5.74) is 2.78. The number of nitrogens with zero attached hydrogens (tertiary/aromatic N) is 2. The summed E-state index contributed by atoms with van der Waals surface area (Å²) >= 11 is 0. The number of aryl methyl sites for hydroxylation is 1. The average molecular weight is 254 g/mol. The molecule has 1 heterocycles. The lowest BCUT2D eigenvalue weighted by Gasteiger charge is -2.23. The molecule has 2 heteroatoms. The highest BCUT2D eigenvalue weighted by Crippen LogP contribution is 2.32. The highest BCUT2D eigenvalue weighted by molar-refractivity contribution is 5.97. The van der Waals surface area contributed by atoms with Gasteiger partial charge in [0, 0.05) is 30.2 Å². The Bertz CT molecular complexity index is 584. The fourth-order valence-electron chi connectivity index (χ4n) is 3.15. The molecule has 2 aromatic rings. The molecular weight excluding hydrogens is 232 g/mol. The first-order valence-corrected chi connectivity index (χ1v) is 7.06. The van der Waals surface area contributed by atoms with E-state index in [2.05, 4.69) is 67.2 Å². The Kier molecular flexibility index (Phi) is 3.19. The summed E-state index contributed by atoms with van der Waals surface area (Å²) in [6.07, 6.45) is 1.26. The normalized spacial score (nSPS) is 19.6. The Morgan fingerprint density at radius 1 is 1.11 bits per heavy atom. The molecule has 2 aromatic carbocycles. The quantitative estimate of drug-likeness (QED) is 0.811. The molecule has 3 rings (SSSR count). The zero-order chi connectivity index (χ0) is 13.4. The van der Waals surface area contributed by atoms with E-state index in [1.54, 1.807) is 0 Å². The van der Waals surface area contributed by atoms with Crippen molar-refractivity contribution in [1.29, 1.82) is 0 Å². The van der Waals surface area contributed by atoms with Gasteiger partial charge in [0.25, 0.3) is 0 Å². The van der Waals surface area contributed by atoms with Gasteiger partial charge >= 0.3 is 0 Å². The van der Waals surface area contributed by atoms with E-state index in [9.17, 15) is 0 Å². The van der Waals surface area contributed by atoms with E-state index in [1.165, 1.54) is 28.4 Å². The smallest absolute Gasteiger partial charge is 0.0449 e. The second-order valence-electron chi connectivity index (χ2n) is 5.80. The van der Waals surface area contributed by atoms with Gasteiger partial charge in [0.2, 0.25) is 0 Å². The van der Waals surface area contributed by atoms with Crippen LogP contribution in [0.15, 0.2) is 36.4 Å². The lowest BCUT2D eigenvalue weighted by atomic mass is 10.0. The predicted octanol–water partition coefficient (Wildman–Crippen LogP) is 3.29. The van der Waals surface area contributed by atoms with Gasteiger partial charge in [0.15, 0.2) is 0 Å². The molecule has 0 unspecified atom stereocenters. The van der Waals surface area contributed by atoms with E-state index in [-0.39, 0.29) is 0 Å². The standard InChI is InChI=1S/C17H22N2/c1-13-6-4-7-14-8-5-9-16(17(13)14)19-11-10-15(12-19)18(2)3/h4-9,15H,10-12H2,1-3H3/t15-/m1/s1. The summed E-state index contributed by atoms with van der Waals surface area (Å²) in [5, 5.41) is 2.77. The Morgan fingerprint density at radius 3 is 2.53 bits per heavy atom. The molecule has 0 radical (unpaired) electrons. The molecule has 2 nitrogen and oxygen atoms in total. The molecule has 0 saturated carbocycles. The highest BCUT2D eigenvalue weighted by Gasteiger charge is 2.25. The first-order valence-electron chi connectivity index (χ1n) is 7.06. The van der Waals surface area contributed by atoms with Gasteiger partial charge in [-0.1, -0.05) is 30.3 Å². The number of benzene rings is 2. The molecule has 1 aliphatic heterocycles. The first kappa shape index (κ1) is 12.5. The predicted molar refractivity (Wildman–Crippen MR) is 83.0 cm³/mol. The lowest BCUT2D eigenvalue weighted by Crippen LogP contribution is -2.31. The second kappa shape index (κ2) is 4.86. The van der Waals surface area contributed by atoms with Gasteiger partial charge in [0.1, 0.15) is 0 Å². The van der Waals surface area contributed by atoms with E-state index in [4.69, 9.17) is 0 Å². The Morgan fingerprint density at radius 2 is 1.84 bits per heavy atom. The van der Waals surface area contributed by atoms with E-state index in [0.29, 0.717) is 6.04 Å². The Labute approximate surface area is 115 Å². The summed E-state index contributed by atoms with van der Waals surface area (Å²) in [6.45, 7) is 4.52. The third kappa shape index (κ3) is 2.21. The van der Waals surface area contributed by atoms with Gasteiger partial charge < -0.3 is 9.80 Å². The van der Waals surface area contributed by atoms with Crippen LogP contribution in [0.4, 0.5) is 5.69 Å². The number of anilines is 1. The van der Waals surface area contributed by atoms with Gasteiger partial charge in [-0.25, -0.2) is 0 Å².